The van der Waals surface area contributed by atoms with Crippen molar-refractivity contribution in [3.8, 4) is 5.75 Å². The Bertz CT molecular complexity index is 1110. The molecule has 2 aromatic carbocycles. The number of benzene rings is 2. The summed E-state index contributed by atoms with van der Waals surface area (Å²) in [5, 5.41) is 9.36. The first kappa shape index (κ1) is 17.6. The second-order valence-corrected chi connectivity index (χ2v) is 5.75. The van der Waals surface area contributed by atoms with Crippen molar-refractivity contribution in [3.05, 3.63) is 69.5 Å². The van der Waals surface area contributed by atoms with E-state index in [1.807, 2.05) is 0 Å². The number of fused-ring (bicyclic) bond motifs is 1. The molecule has 0 atom stereocenters. The number of carboxylic acids is 1. The molecule has 8 heteroatoms. The first-order chi connectivity index (χ1) is 12.4. The summed E-state index contributed by atoms with van der Waals surface area (Å²) < 4.78 is 18.6. The lowest BCUT2D eigenvalue weighted by Crippen LogP contribution is -2.11. The van der Waals surface area contributed by atoms with E-state index in [9.17, 15) is 14.0 Å². The number of hydrogen-bond donors (Lipinski definition) is 2. The van der Waals surface area contributed by atoms with Crippen LogP contribution >= 0.6 is 11.6 Å². The smallest absolute Gasteiger partial charge is 0.335 e. The van der Waals surface area contributed by atoms with E-state index in [0.717, 1.165) is 0 Å². The second-order valence-electron chi connectivity index (χ2n) is 5.34. The Morgan fingerprint density at radius 3 is 2.73 bits per heavy atom. The SMILES string of the molecule is COc1ccc(/C=C(\Cl)c2nc3cc(C(=O)O)ccc3c(=O)[nH]2)cc1F. The number of aromatic carboxylic acids is 1. The van der Waals surface area contributed by atoms with Gasteiger partial charge >= 0.3 is 5.97 Å². The summed E-state index contributed by atoms with van der Waals surface area (Å²) in [5.74, 6) is -1.55. The summed E-state index contributed by atoms with van der Waals surface area (Å²) in [7, 11) is 1.36. The lowest BCUT2D eigenvalue weighted by Gasteiger charge is -2.05. The topological polar surface area (TPSA) is 92.3 Å². The Labute approximate surface area is 151 Å². The fraction of sp³-hybridized carbons (Fsp3) is 0.0556. The zero-order valence-electron chi connectivity index (χ0n) is 13.4. The van der Waals surface area contributed by atoms with Gasteiger partial charge in [-0.1, -0.05) is 17.7 Å². The molecule has 0 fully saturated rings. The first-order valence-corrected chi connectivity index (χ1v) is 7.75. The van der Waals surface area contributed by atoms with Crippen molar-refractivity contribution in [3.63, 3.8) is 0 Å². The number of methoxy groups -OCH3 is 1. The lowest BCUT2D eigenvalue weighted by molar-refractivity contribution is 0.0697. The lowest BCUT2D eigenvalue weighted by atomic mass is 10.1. The summed E-state index contributed by atoms with van der Waals surface area (Å²) >= 11 is 6.20. The average Bonchev–Trinajstić information content (AvgIpc) is 2.61. The molecule has 0 saturated heterocycles. The van der Waals surface area contributed by atoms with E-state index >= 15 is 0 Å². The van der Waals surface area contributed by atoms with Crippen LogP contribution in [-0.4, -0.2) is 28.2 Å². The van der Waals surface area contributed by atoms with Gasteiger partial charge in [-0.25, -0.2) is 14.2 Å². The van der Waals surface area contributed by atoms with Crippen LogP contribution < -0.4 is 10.3 Å². The Morgan fingerprint density at radius 2 is 2.08 bits per heavy atom. The van der Waals surface area contributed by atoms with Crippen LogP contribution in [0, 0.1) is 5.82 Å². The van der Waals surface area contributed by atoms with Crippen LogP contribution in [0.5, 0.6) is 5.75 Å². The number of rotatable bonds is 4. The molecule has 1 aromatic heterocycles. The van der Waals surface area contributed by atoms with Crippen molar-refractivity contribution in [2.45, 2.75) is 0 Å². The molecule has 1 heterocycles. The van der Waals surface area contributed by atoms with Crippen LogP contribution in [0.3, 0.4) is 0 Å². The molecule has 0 aliphatic heterocycles. The van der Waals surface area contributed by atoms with E-state index < -0.39 is 17.3 Å². The molecular weight excluding hydrogens is 363 g/mol. The van der Waals surface area contributed by atoms with Crippen LogP contribution in [0.4, 0.5) is 4.39 Å². The number of carboxylic acid groups (broad SMARTS) is 1. The monoisotopic (exact) mass is 374 g/mol. The van der Waals surface area contributed by atoms with Gasteiger partial charge < -0.3 is 14.8 Å². The van der Waals surface area contributed by atoms with Crippen LogP contribution in [0.2, 0.25) is 0 Å². The van der Waals surface area contributed by atoms with Gasteiger partial charge in [0.25, 0.3) is 5.56 Å². The largest absolute Gasteiger partial charge is 0.494 e. The van der Waals surface area contributed by atoms with E-state index in [1.165, 1.54) is 43.5 Å². The van der Waals surface area contributed by atoms with Crippen LogP contribution in [0.15, 0.2) is 41.2 Å². The number of H-pyrrole nitrogens is 1. The zero-order chi connectivity index (χ0) is 18.8. The maximum absolute atomic E-state index is 13.8. The van der Waals surface area contributed by atoms with Crippen molar-refractivity contribution in [2.75, 3.05) is 7.11 Å². The summed E-state index contributed by atoms with van der Waals surface area (Å²) in [6.45, 7) is 0. The molecule has 6 nitrogen and oxygen atoms in total. The third-order valence-corrected chi connectivity index (χ3v) is 3.94. The molecule has 0 bridgehead atoms. The van der Waals surface area contributed by atoms with Gasteiger partial charge in [0.1, 0.15) is 0 Å². The van der Waals surface area contributed by atoms with E-state index in [1.54, 1.807) is 6.07 Å². The molecule has 0 unspecified atom stereocenters. The number of nitrogens with one attached hydrogen (secondary N) is 1. The minimum absolute atomic E-state index is 0.00104. The van der Waals surface area contributed by atoms with Gasteiger partial charge in [-0.3, -0.25) is 4.79 Å². The highest BCUT2D eigenvalue weighted by Gasteiger charge is 2.11. The van der Waals surface area contributed by atoms with E-state index in [-0.39, 0.29) is 33.1 Å². The molecule has 26 heavy (non-hydrogen) atoms. The molecule has 0 aliphatic rings. The van der Waals surface area contributed by atoms with Crippen molar-refractivity contribution in [2.24, 2.45) is 0 Å². The van der Waals surface area contributed by atoms with Crippen LogP contribution in [0.25, 0.3) is 22.0 Å². The third kappa shape index (κ3) is 3.43. The van der Waals surface area contributed by atoms with E-state index in [0.29, 0.717) is 5.56 Å². The molecular formula is C18H12ClFN2O4. The van der Waals surface area contributed by atoms with Crippen molar-refractivity contribution in [1.29, 1.82) is 0 Å². The molecule has 3 aromatic rings. The average molecular weight is 375 g/mol. The number of hydrogen-bond acceptors (Lipinski definition) is 4. The minimum Gasteiger partial charge on any atom is -0.494 e. The Balaban J connectivity index is 2.07. The summed E-state index contributed by atoms with van der Waals surface area (Å²) in [5.41, 5.74) is 0.166. The highest BCUT2D eigenvalue weighted by Crippen LogP contribution is 2.23. The van der Waals surface area contributed by atoms with Crippen LogP contribution in [-0.2, 0) is 0 Å². The molecule has 0 amide bonds. The third-order valence-electron chi connectivity index (χ3n) is 3.65. The van der Waals surface area contributed by atoms with Gasteiger partial charge in [0.05, 0.1) is 28.6 Å². The Morgan fingerprint density at radius 1 is 1.31 bits per heavy atom. The second kappa shape index (κ2) is 6.97. The maximum atomic E-state index is 13.8. The van der Waals surface area contributed by atoms with Gasteiger partial charge in [-0.2, -0.15) is 0 Å². The minimum atomic E-state index is -1.13. The Kier molecular flexibility index (Phi) is 4.73. The van der Waals surface area contributed by atoms with Gasteiger partial charge in [0.15, 0.2) is 17.4 Å². The van der Waals surface area contributed by atoms with Gasteiger partial charge in [-0.15, -0.1) is 0 Å². The standard InChI is InChI=1S/C18H12ClFN2O4/c1-26-15-5-2-9(7-13(15)20)6-12(19)16-21-14-8-10(18(24)25)3-4-11(14)17(23)22-16/h2-8H,1H3,(H,24,25)(H,21,22,23)/b12-6-. The summed E-state index contributed by atoms with van der Waals surface area (Å²) in [6.07, 6.45) is 1.43. The molecule has 0 aliphatic carbocycles. The summed E-state index contributed by atoms with van der Waals surface area (Å²) in [4.78, 5) is 30.0. The number of nitrogens with zero attached hydrogens (tertiary/aromatic N) is 1. The van der Waals surface area contributed by atoms with Gasteiger partial charge in [0, 0.05) is 0 Å². The maximum Gasteiger partial charge on any atom is 0.335 e. The van der Waals surface area contributed by atoms with Crippen LogP contribution in [0.1, 0.15) is 21.7 Å². The molecule has 0 spiro atoms. The molecule has 0 saturated carbocycles. The molecule has 132 valence electrons. The molecule has 2 N–H and O–H groups in total. The number of ether oxygens (including phenoxy) is 1. The highest BCUT2D eigenvalue weighted by molar-refractivity contribution is 6.50. The number of aromatic nitrogens is 2. The molecule has 0 radical (unpaired) electrons. The predicted molar refractivity (Wildman–Crippen MR) is 96.0 cm³/mol. The van der Waals surface area contributed by atoms with Crippen molar-refractivity contribution in [1.82, 2.24) is 9.97 Å². The van der Waals surface area contributed by atoms with Gasteiger partial charge in [-0.05, 0) is 42.0 Å². The number of carbonyl (C=O) groups is 1. The normalized spacial score (nSPS) is 11.6. The first-order valence-electron chi connectivity index (χ1n) is 7.37. The highest BCUT2D eigenvalue weighted by atomic mass is 35.5. The summed E-state index contributed by atoms with van der Waals surface area (Å²) in [6, 6.07) is 8.24. The van der Waals surface area contributed by atoms with E-state index in [4.69, 9.17) is 21.4 Å². The van der Waals surface area contributed by atoms with Crippen molar-refractivity contribution >= 4 is 39.6 Å². The number of halogens is 2. The van der Waals surface area contributed by atoms with Crippen molar-refractivity contribution < 1.29 is 19.0 Å². The number of aromatic amines is 1. The van der Waals surface area contributed by atoms with E-state index in [2.05, 4.69) is 9.97 Å². The molecule has 3 rings (SSSR count). The fourth-order valence-corrected chi connectivity index (χ4v) is 2.59. The predicted octanol–water partition coefficient (Wildman–Crippen LogP) is 3.51. The van der Waals surface area contributed by atoms with Gasteiger partial charge in [0.2, 0.25) is 0 Å². The zero-order valence-corrected chi connectivity index (χ0v) is 14.2. The fourth-order valence-electron chi connectivity index (χ4n) is 2.37. The quantitative estimate of drug-likeness (QED) is 0.729. The Hall–Kier alpha value is -3.19.